The molecule has 19 heavy (non-hydrogen) atoms. The van der Waals surface area contributed by atoms with E-state index in [4.69, 9.17) is 4.74 Å². The van der Waals surface area contributed by atoms with Gasteiger partial charge in [0, 0.05) is 17.9 Å². The summed E-state index contributed by atoms with van der Waals surface area (Å²) in [5.74, 6) is 1.25. The summed E-state index contributed by atoms with van der Waals surface area (Å²) in [5.41, 5.74) is 0.671. The van der Waals surface area contributed by atoms with Gasteiger partial charge in [0.05, 0.1) is 12.2 Å². The van der Waals surface area contributed by atoms with Crippen molar-refractivity contribution in [2.24, 2.45) is 5.92 Å². The molecule has 0 aromatic heterocycles. The van der Waals surface area contributed by atoms with E-state index in [-0.39, 0.29) is 5.91 Å². The van der Waals surface area contributed by atoms with E-state index in [2.05, 4.69) is 22.9 Å². The number of halogens is 1. The zero-order chi connectivity index (χ0) is 13.8. The Balaban J connectivity index is 2.15. The normalized spacial score (nSPS) is 23.2. The number of carbonyl (C=O) groups excluding carboxylic acids is 1. The van der Waals surface area contributed by atoms with E-state index in [1.54, 1.807) is 0 Å². The smallest absolute Gasteiger partial charge is 0.257 e. The molecule has 0 spiro atoms. The molecule has 1 aliphatic heterocycles. The molecular weight excluding hydrogens is 306 g/mol. The Kier molecular flexibility index (Phi) is 4.86. The Labute approximate surface area is 123 Å². The second-order valence-electron chi connectivity index (χ2n) is 4.96. The fraction of sp³-hybridized carbons (Fsp3) is 0.533. The van der Waals surface area contributed by atoms with Gasteiger partial charge in [-0.05, 0) is 31.4 Å². The van der Waals surface area contributed by atoms with Crippen LogP contribution >= 0.6 is 15.9 Å². The van der Waals surface area contributed by atoms with E-state index in [0.717, 1.165) is 19.5 Å². The highest BCUT2D eigenvalue weighted by molar-refractivity contribution is 9.09. The lowest BCUT2D eigenvalue weighted by molar-refractivity contribution is 0.0686. The second-order valence-corrected chi connectivity index (χ2v) is 6.14. The molecule has 0 N–H and O–H groups in total. The van der Waals surface area contributed by atoms with E-state index in [0.29, 0.717) is 28.7 Å². The molecule has 1 aromatic rings. The zero-order valence-corrected chi connectivity index (χ0v) is 13.0. The van der Waals surface area contributed by atoms with Crippen molar-refractivity contribution in [2.45, 2.75) is 25.1 Å². The van der Waals surface area contributed by atoms with Crippen molar-refractivity contribution in [1.29, 1.82) is 0 Å². The number of nitrogens with zero attached hydrogens (tertiary/aromatic N) is 1. The van der Waals surface area contributed by atoms with Crippen molar-refractivity contribution in [1.82, 2.24) is 4.90 Å². The van der Waals surface area contributed by atoms with Gasteiger partial charge >= 0.3 is 0 Å². The molecule has 0 bridgehead atoms. The first-order valence-corrected chi connectivity index (χ1v) is 7.70. The molecule has 1 fully saturated rings. The second kappa shape index (κ2) is 6.42. The van der Waals surface area contributed by atoms with Crippen LogP contribution in [0.2, 0.25) is 0 Å². The number of carbonyl (C=O) groups is 1. The van der Waals surface area contributed by atoms with Crippen LogP contribution in [0.5, 0.6) is 5.75 Å². The van der Waals surface area contributed by atoms with E-state index in [9.17, 15) is 4.79 Å². The summed E-state index contributed by atoms with van der Waals surface area (Å²) in [6, 6.07) is 7.49. The molecule has 2 rings (SSSR count). The van der Waals surface area contributed by atoms with Crippen molar-refractivity contribution in [3.8, 4) is 5.75 Å². The highest BCUT2D eigenvalue weighted by Gasteiger charge is 2.28. The number of likely N-dealkylation sites (tertiary alicyclic amines) is 1. The lowest BCUT2D eigenvalue weighted by atomic mass is 9.99. The molecule has 104 valence electrons. The summed E-state index contributed by atoms with van der Waals surface area (Å²) in [7, 11) is 0. The van der Waals surface area contributed by atoms with Gasteiger partial charge in [0.15, 0.2) is 0 Å². The molecular formula is C15H20BrNO2. The van der Waals surface area contributed by atoms with E-state index in [1.165, 1.54) is 0 Å². The Morgan fingerprint density at radius 2 is 2.21 bits per heavy atom. The molecule has 1 heterocycles. The first-order valence-electron chi connectivity index (χ1n) is 6.78. The Morgan fingerprint density at radius 3 is 2.89 bits per heavy atom. The van der Waals surface area contributed by atoms with E-state index in [1.807, 2.05) is 36.1 Å². The predicted octanol–water partition coefficient (Wildman–Crippen LogP) is 3.33. The first kappa shape index (κ1) is 14.4. The standard InChI is InChI=1S/C15H20BrNO2/c1-3-19-14-7-5-4-6-12(14)15(18)17-9-8-13(16)11(2)10-17/h4-7,11,13H,3,8-10H2,1-2H3. The van der Waals surface area contributed by atoms with Gasteiger partial charge in [-0.1, -0.05) is 35.0 Å². The molecule has 2 atom stereocenters. The van der Waals surface area contributed by atoms with Crippen LogP contribution in [0, 0.1) is 5.92 Å². The number of hydrogen-bond donors (Lipinski definition) is 0. The molecule has 1 aliphatic rings. The number of amides is 1. The maximum Gasteiger partial charge on any atom is 0.257 e. The van der Waals surface area contributed by atoms with Crippen molar-refractivity contribution in [3.63, 3.8) is 0 Å². The van der Waals surface area contributed by atoms with Crippen LogP contribution in [-0.2, 0) is 0 Å². The van der Waals surface area contributed by atoms with Crippen LogP contribution < -0.4 is 4.74 Å². The quantitative estimate of drug-likeness (QED) is 0.798. The highest BCUT2D eigenvalue weighted by Crippen LogP contribution is 2.26. The Bertz CT molecular complexity index is 450. The largest absolute Gasteiger partial charge is 0.493 e. The third-order valence-electron chi connectivity index (χ3n) is 3.51. The molecule has 3 nitrogen and oxygen atoms in total. The minimum atomic E-state index is 0.0790. The van der Waals surface area contributed by atoms with Crippen molar-refractivity contribution < 1.29 is 9.53 Å². The predicted molar refractivity (Wildman–Crippen MR) is 80.0 cm³/mol. The van der Waals surface area contributed by atoms with Crippen LogP contribution in [0.3, 0.4) is 0 Å². The van der Waals surface area contributed by atoms with Gasteiger partial charge in [0.25, 0.3) is 5.91 Å². The first-order chi connectivity index (χ1) is 9.13. The number of benzene rings is 1. The topological polar surface area (TPSA) is 29.5 Å². The van der Waals surface area contributed by atoms with Gasteiger partial charge in [-0.3, -0.25) is 4.79 Å². The summed E-state index contributed by atoms with van der Waals surface area (Å²) in [5, 5.41) is 0. The maximum atomic E-state index is 12.6. The summed E-state index contributed by atoms with van der Waals surface area (Å²) < 4.78 is 5.54. The van der Waals surface area contributed by atoms with Gasteiger partial charge in [-0.25, -0.2) is 0 Å². The van der Waals surface area contributed by atoms with Gasteiger partial charge in [0.1, 0.15) is 5.75 Å². The Morgan fingerprint density at radius 1 is 1.47 bits per heavy atom. The minimum Gasteiger partial charge on any atom is -0.493 e. The number of piperidine rings is 1. The van der Waals surface area contributed by atoms with Crippen molar-refractivity contribution >= 4 is 21.8 Å². The Hall–Kier alpha value is -1.03. The number of rotatable bonds is 3. The number of hydrogen-bond acceptors (Lipinski definition) is 2. The lowest BCUT2D eigenvalue weighted by Crippen LogP contribution is -2.43. The van der Waals surface area contributed by atoms with Gasteiger partial charge < -0.3 is 9.64 Å². The number of ether oxygens (including phenoxy) is 1. The number of alkyl halides is 1. The van der Waals surface area contributed by atoms with Gasteiger partial charge in [0.2, 0.25) is 0 Å². The van der Waals surface area contributed by atoms with E-state index < -0.39 is 0 Å². The average molecular weight is 326 g/mol. The molecule has 0 saturated carbocycles. The number of para-hydroxylation sites is 1. The molecule has 4 heteroatoms. The molecule has 1 saturated heterocycles. The van der Waals surface area contributed by atoms with Crippen LogP contribution in [0.4, 0.5) is 0 Å². The van der Waals surface area contributed by atoms with Crippen molar-refractivity contribution in [2.75, 3.05) is 19.7 Å². The van der Waals surface area contributed by atoms with Crippen molar-refractivity contribution in [3.05, 3.63) is 29.8 Å². The van der Waals surface area contributed by atoms with Crippen LogP contribution in [0.1, 0.15) is 30.6 Å². The average Bonchev–Trinajstić information content (AvgIpc) is 2.42. The molecule has 0 radical (unpaired) electrons. The van der Waals surface area contributed by atoms with Gasteiger partial charge in [-0.2, -0.15) is 0 Å². The fourth-order valence-corrected chi connectivity index (χ4v) is 2.77. The van der Waals surface area contributed by atoms with Crippen LogP contribution in [-0.4, -0.2) is 35.3 Å². The van der Waals surface area contributed by atoms with E-state index >= 15 is 0 Å². The summed E-state index contributed by atoms with van der Waals surface area (Å²) >= 11 is 3.66. The third kappa shape index (κ3) is 3.30. The molecule has 2 unspecified atom stereocenters. The lowest BCUT2D eigenvalue weighted by Gasteiger charge is -2.34. The summed E-state index contributed by atoms with van der Waals surface area (Å²) in [4.78, 5) is 15.0. The minimum absolute atomic E-state index is 0.0790. The maximum absolute atomic E-state index is 12.6. The highest BCUT2D eigenvalue weighted by atomic mass is 79.9. The fourth-order valence-electron chi connectivity index (χ4n) is 2.40. The molecule has 0 aliphatic carbocycles. The molecule has 1 aromatic carbocycles. The zero-order valence-electron chi connectivity index (χ0n) is 11.4. The van der Waals surface area contributed by atoms with Gasteiger partial charge in [-0.15, -0.1) is 0 Å². The summed E-state index contributed by atoms with van der Waals surface area (Å²) in [6.45, 7) is 6.28. The SMILES string of the molecule is CCOc1ccccc1C(=O)N1CCC(Br)C(C)C1. The molecule has 1 amide bonds. The van der Waals surface area contributed by atoms with Crippen LogP contribution in [0.15, 0.2) is 24.3 Å². The monoisotopic (exact) mass is 325 g/mol. The summed E-state index contributed by atoms with van der Waals surface area (Å²) in [6.07, 6.45) is 1.00. The third-order valence-corrected chi connectivity index (χ3v) is 4.87. The van der Waals surface area contributed by atoms with Crippen LogP contribution in [0.25, 0.3) is 0 Å².